The molecule has 1 saturated heterocycles. The molecule has 3 heteroatoms. The topological polar surface area (TPSA) is 15.3 Å². The Labute approximate surface area is 122 Å². The van der Waals surface area contributed by atoms with Gasteiger partial charge >= 0.3 is 0 Å². The van der Waals surface area contributed by atoms with Crippen LogP contribution in [0.25, 0.3) is 0 Å². The molecule has 106 valence electrons. The number of halogens is 1. The van der Waals surface area contributed by atoms with E-state index >= 15 is 0 Å². The van der Waals surface area contributed by atoms with Crippen molar-refractivity contribution in [2.45, 2.75) is 38.1 Å². The summed E-state index contributed by atoms with van der Waals surface area (Å²) in [5, 5.41) is 4.28. The Hall–Kier alpha value is -0.570. The maximum Gasteiger partial charge on any atom is 0.0453 e. The highest BCUT2D eigenvalue weighted by Gasteiger charge is 2.15. The van der Waals surface area contributed by atoms with E-state index in [2.05, 4.69) is 22.3 Å². The number of rotatable bonds is 5. The van der Waals surface area contributed by atoms with Crippen molar-refractivity contribution in [3.05, 3.63) is 34.9 Å². The molecule has 2 nitrogen and oxygen atoms in total. The van der Waals surface area contributed by atoms with Crippen molar-refractivity contribution < 1.29 is 0 Å². The molecule has 2 rings (SSSR count). The quantitative estimate of drug-likeness (QED) is 0.881. The molecule has 1 fully saturated rings. The fraction of sp³-hybridized carbons (Fsp3) is 0.625. The smallest absolute Gasteiger partial charge is 0.0453 e. The number of nitrogens with zero attached hydrogens (tertiary/aromatic N) is 1. The zero-order chi connectivity index (χ0) is 13.5. The Bertz CT molecular complexity index is 373. The van der Waals surface area contributed by atoms with Gasteiger partial charge in [0.05, 0.1) is 0 Å². The van der Waals surface area contributed by atoms with Crippen molar-refractivity contribution in [1.29, 1.82) is 0 Å². The third-order valence-electron chi connectivity index (χ3n) is 4.06. The van der Waals surface area contributed by atoms with Gasteiger partial charge in [-0.3, -0.25) is 0 Å². The molecule has 1 N–H and O–H groups in total. The highest BCUT2D eigenvalue weighted by atomic mass is 35.5. The minimum absolute atomic E-state index is 0.358. The van der Waals surface area contributed by atoms with E-state index in [0.717, 1.165) is 18.0 Å². The van der Waals surface area contributed by atoms with Gasteiger partial charge in [0.1, 0.15) is 0 Å². The summed E-state index contributed by atoms with van der Waals surface area (Å²) in [6.45, 7) is 3.69. The first kappa shape index (κ1) is 14.8. The van der Waals surface area contributed by atoms with Crippen LogP contribution in [0.1, 0.15) is 43.7 Å². The lowest BCUT2D eigenvalue weighted by molar-refractivity contribution is 0.268. The number of hydrogen-bond donors (Lipinski definition) is 1. The maximum absolute atomic E-state index is 6.29. The molecule has 1 unspecified atom stereocenters. The molecule has 0 radical (unpaired) electrons. The van der Waals surface area contributed by atoms with E-state index in [1.165, 1.54) is 44.3 Å². The third-order valence-corrected chi connectivity index (χ3v) is 4.41. The maximum atomic E-state index is 6.29. The minimum atomic E-state index is 0.358. The molecule has 1 aliphatic heterocycles. The largest absolute Gasteiger partial charge is 0.313 e. The van der Waals surface area contributed by atoms with Gasteiger partial charge < -0.3 is 10.2 Å². The lowest BCUT2D eigenvalue weighted by atomic mass is 10.0. The third kappa shape index (κ3) is 4.48. The molecule has 0 aliphatic carbocycles. The summed E-state index contributed by atoms with van der Waals surface area (Å²) in [4.78, 5) is 2.61. The van der Waals surface area contributed by atoms with E-state index in [4.69, 9.17) is 11.6 Å². The van der Waals surface area contributed by atoms with Gasteiger partial charge in [-0.1, -0.05) is 42.6 Å². The van der Waals surface area contributed by atoms with Crippen molar-refractivity contribution in [1.82, 2.24) is 10.2 Å². The van der Waals surface area contributed by atoms with Crippen LogP contribution in [0, 0.1) is 0 Å². The Kier molecular flexibility index (Phi) is 6.15. The van der Waals surface area contributed by atoms with Crippen LogP contribution in [0.2, 0.25) is 5.02 Å². The molecule has 19 heavy (non-hydrogen) atoms. The van der Waals surface area contributed by atoms with E-state index in [9.17, 15) is 0 Å². The molecule has 0 aromatic heterocycles. The fourth-order valence-electron chi connectivity index (χ4n) is 2.88. The molecule has 0 spiro atoms. The molecule has 0 bridgehead atoms. The first-order valence-electron chi connectivity index (χ1n) is 7.45. The van der Waals surface area contributed by atoms with Crippen LogP contribution < -0.4 is 5.32 Å². The summed E-state index contributed by atoms with van der Waals surface area (Å²) in [5.74, 6) is 0. The van der Waals surface area contributed by atoms with Gasteiger partial charge in [0.2, 0.25) is 0 Å². The van der Waals surface area contributed by atoms with Gasteiger partial charge in [-0.25, -0.2) is 0 Å². The van der Waals surface area contributed by atoms with Crippen molar-refractivity contribution in [3.8, 4) is 0 Å². The minimum Gasteiger partial charge on any atom is -0.313 e. The summed E-state index contributed by atoms with van der Waals surface area (Å²) in [7, 11) is 2.02. The Morgan fingerprint density at radius 3 is 2.47 bits per heavy atom. The SMILES string of the molecule is CNC(CCN1CCCCCC1)c1ccccc1Cl. The molecular weight excluding hydrogens is 256 g/mol. The molecular formula is C16H25ClN2. The average Bonchev–Trinajstić information content (AvgIpc) is 2.70. The van der Waals surface area contributed by atoms with Gasteiger partial charge in [0.25, 0.3) is 0 Å². The number of benzene rings is 1. The van der Waals surface area contributed by atoms with E-state index in [0.29, 0.717) is 6.04 Å². The molecule has 0 amide bonds. The Balaban J connectivity index is 1.90. The van der Waals surface area contributed by atoms with Gasteiger partial charge in [-0.2, -0.15) is 0 Å². The van der Waals surface area contributed by atoms with Gasteiger partial charge in [-0.15, -0.1) is 0 Å². The highest BCUT2D eigenvalue weighted by Crippen LogP contribution is 2.25. The second-order valence-electron chi connectivity index (χ2n) is 5.41. The summed E-state index contributed by atoms with van der Waals surface area (Å²) in [5.41, 5.74) is 1.22. The van der Waals surface area contributed by atoms with Crippen LogP contribution in [0.5, 0.6) is 0 Å². The van der Waals surface area contributed by atoms with Gasteiger partial charge in [0.15, 0.2) is 0 Å². The van der Waals surface area contributed by atoms with E-state index in [-0.39, 0.29) is 0 Å². The molecule has 1 heterocycles. The van der Waals surface area contributed by atoms with Crippen LogP contribution in [0.15, 0.2) is 24.3 Å². The zero-order valence-electron chi connectivity index (χ0n) is 11.9. The molecule has 1 atom stereocenters. The average molecular weight is 281 g/mol. The summed E-state index contributed by atoms with van der Waals surface area (Å²) in [6, 6.07) is 8.53. The van der Waals surface area contributed by atoms with Gasteiger partial charge in [-0.05, 0) is 57.6 Å². The lowest BCUT2D eigenvalue weighted by Crippen LogP contribution is -2.29. The molecule has 0 saturated carbocycles. The van der Waals surface area contributed by atoms with Crippen molar-refractivity contribution in [2.75, 3.05) is 26.7 Å². The predicted octanol–water partition coefficient (Wildman–Crippen LogP) is 3.87. The van der Waals surface area contributed by atoms with Crippen molar-refractivity contribution in [2.24, 2.45) is 0 Å². The van der Waals surface area contributed by atoms with Crippen LogP contribution in [0.4, 0.5) is 0 Å². The number of nitrogens with one attached hydrogen (secondary N) is 1. The van der Waals surface area contributed by atoms with E-state index in [1.807, 2.05) is 19.2 Å². The molecule has 1 aromatic rings. The highest BCUT2D eigenvalue weighted by molar-refractivity contribution is 6.31. The Morgan fingerprint density at radius 2 is 1.84 bits per heavy atom. The van der Waals surface area contributed by atoms with Crippen LogP contribution in [0.3, 0.4) is 0 Å². The number of likely N-dealkylation sites (tertiary alicyclic amines) is 1. The van der Waals surface area contributed by atoms with E-state index < -0.39 is 0 Å². The lowest BCUT2D eigenvalue weighted by Gasteiger charge is -2.24. The first-order chi connectivity index (χ1) is 9.31. The zero-order valence-corrected chi connectivity index (χ0v) is 12.6. The standard InChI is InChI=1S/C16H25ClN2/c1-18-16(14-8-4-5-9-15(14)17)10-13-19-11-6-2-3-7-12-19/h4-5,8-9,16,18H,2-3,6-7,10-13H2,1H3. The van der Waals surface area contributed by atoms with Crippen molar-refractivity contribution >= 4 is 11.6 Å². The monoisotopic (exact) mass is 280 g/mol. The van der Waals surface area contributed by atoms with Crippen LogP contribution >= 0.6 is 11.6 Å². The predicted molar refractivity (Wildman–Crippen MR) is 82.8 cm³/mol. The normalized spacial score (nSPS) is 19.1. The summed E-state index contributed by atoms with van der Waals surface area (Å²) >= 11 is 6.29. The van der Waals surface area contributed by atoms with E-state index in [1.54, 1.807) is 0 Å². The van der Waals surface area contributed by atoms with Gasteiger partial charge in [0, 0.05) is 11.1 Å². The Morgan fingerprint density at radius 1 is 1.16 bits per heavy atom. The second-order valence-corrected chi connectivity index (χ2v) is 5.81. The molecule has 1 aromatic carbocycles. The second kappa shape index (κ2) is 7.88. The first-order valence-corrected chi connectivity index (χ1v) is 7.83. The van der Waals surface area contributed by atoms with Crippen LogP contribution in [-0.2, 0) is 0 Å². The summed E-state index contributed by atoms with van der Waals surface area (Å²) in [6.07, 6.45) is 6.64. The van der Waals surface area contributed by atoms with Crippen LogP contribution in [-0.4, -0.2) is 31.6 Å². The van der Waals surface area contributed by atoms with Crippen molar-refractivity contribution in [3.63, 3.8) is 0 Å². The number of hydrogen-bond acceptors (Lipinski definition) is 2. The molecule has 1 aliphatic rings. The fourth-order valence-corrected chi connectivity index (χ4v) is 3.15. The summed E-state index contributed by atoms with van der Waals surface area (Å²) < 4.78 is 0.